The van der Waals surface area contributed by atoms with Crippen LogP contribution in [-0.2, 0) is 22.0 Å². The van der Waals surface area contributed by atoms with Gasteiger partial charge in [0.05, 0.1) is 16.6 Å². The molecule has 0 unspecified atom stereocenters. The first-order valence-electron chi connectivity index (χ1n) is 8.01. The van der Waals surface area contributed by atoms with Gasteiger partial charge >= 0.3 is 11.9 Å². The molecule has 1 aromatic carbocycles. The number of piperidine rings is 1. The Kier molecular flexibility index (Phi) is 6.31. The third-order valence-corrected chi connectivity index (χ3v) is 4.68. The Morgan fingerprint density at radius 1 is 1.46 bits per heavy atom. The number of hydrogen-bond acceptors (Lipinski definition) is 3. The molecule has 134 valence electrons. The summed E-state index contributed by atoms with van der Waals surface area (Å²) in [6, 6.07) is 2.55. The maximum atomic E-state index is 14.2. The summed E-state index contributed by atoms with van der Waals surface area (Å²) >= 11 is 2.98. The highest BCUT2D eigenvalue weighted by atomic mass is 79.9. The van der Waals surface area contributed by atoms with Crippen molar-refractivity contribution < 1.29 is 22.7 Å². The molecule has 1 saturated heterocycles. The van der Waals surface area contributed by atoms with E-state index in [2.05, 4.69) is 32.5 Å². The second kappa shape index (κ2) is 7.87. The molecule has 1 atom stereocenters. The van der Waals surface area contributed by atoms with E-state index in [1.54, 1.807) is 0 Å². The Bertz CT molecular complexity index is 610. The van der Waals surface area contributed by atoms with E-state index in [4.69, 9.17) is 0 Å². The molecule has 0 saturated carbocycles. The number of benzene rings is 1. The molecule has 0 amide bonds. The number of alkyl halides is 2. The zero-order valence-corrected chi connectivity index (χ0v) is 15.3. The highest BCUT2D eigenvalue weighted by molar-refractivity contribution is 9.10. The largest absolute Gasteiger partial charge is 0.461 e. The third kappa shape index (κ3) is 4.30. The Hall–Kier alpha value is -1.08. The monoisotopic (exact) mass is 407 g/mol. The SMILES string of the molecule is CCOC(=O)C(F)(F)c1cc(CN2CCC[C@H](C)C2)cc(Br)c1F. The van der Waals surface area contributed by atoms with Gasteiger partial charge < -0.3 is 4.74 Å². The zero-order chi connectivity index (χ0) is 17.9. The van der Waals surface area contributed by atoms with Crippen LogP contribution in [0.5, 0.6) is 0 Å². The lowest BCUT2D eigenvalue weighted by Gasteiger charge is -2.31. The van der Waals surface area contributed by atoms with Gasteiger partial charge in [0.25, 0.3) is 0 Å². The number of hydrogen-bond donors (Lipinski definition) is 0. The van der Waals surface area contributed by atoms with Crippen LogP contribution in [0.2, 0.25) is 0 Å². The van der Waals surface area contributed by atoms with E-state index >= 15 is 0 Å². The molecule has 1 aliphatic heterocycles. The minimum Gasteiger partial charge on any atom is -0.461 e. The molecule has 0 radical (unpaired) electrons. The van der Waals surface area contributed by atoms with Gasteiger partial charge in [0.1, 0.15) is 5.82 Å². The summed E-state index contributed by atoms with van der Waals surface area (Å²) in [5, 5.41) is 0. The van der Waals surface area contributed by atoms with E-state index in [9.17, 15) is 18.0 Å². The molecule has 1 heterocycles. The fourth-order valence-corrected chi connectivity index (χ4v) is 3.49. The Labute approximate surface area is 148 Å². The van der Waals surface area contributed by atoms with Crippen molar-refractivity contribution in [3.05, 3.63) is 33.5 Å². The van der Waals surface area contributed by atoms with E-state index in [1.807, 2.05) is 0 Å². The molecule has 0 aliphatic carbocycles. The maximum Gasteiger partial charge on any atom is 0.382 e. The third-order valence-electron chi connectivity index (χ3n) is 4.11. The van der Waals surface area contributed by atoms with E-state index in [1.165, 1.54) is 13.0 Å². The van der Waals surface area contributed by atoms with Crippen LogP contribution in [-0.4, -0.2) is 30.6 Å². The number of esters is 1. The van der Waals surface area contributed by atoms with E-state index in [-0.39, 0.29) is 11.1 Å². The molecular formula is C17H21BrF3NO2. The highest BCUT2D eigenvalue weighted by Crippen LogP contribution is 2.35. The maximum absolute atomic E-state index is 14.2. The molecule has 1 aliphatic rings. The molecule has 2 rings (SSSR count). The lowest BCUT2D eigenvalue weighted by molar-refractivity contribution is -0.173. The molecule has 0 spiro atoms. The van der Waals surface area contributed by atoms with Crippen molar-refractivity contribution >= 4 is 21.9 Å². The molecule has 24 heavy (non-hydrogen) atoms. The second-order valence-corrected chi connectivity index (χ2v) is 7.07. The molecular weight excluding hydrogens is 387 g/mol. The fourth-order valence-electron chi connectivity index (χ4n) is 2.99. The normalized spacial score (nSPS) is 19.3. The average molecular weight is 408 g/mol. The summed E-state index contributed by atoms with van der Waals surface area (Å²) in [5.74, 6) is -6.35. The quantitative estimate of drug-likeness (QED) is 0.674. The molecule has 0 bridgehead atoms. The van der Waals surface area contributed by atoms with Crippen LogP contribution < -0.4 is 0 Å². The number of ether oxygens (including phenoxy) is 1. The topological polar surface area (TPSA) is 29.5 Å². The van der Waals surface area contributed by atoms with Gasteiger partial charge in [-0.05, 0) is 65.9 Å². The number of nitrogens with zero attached hydrogens (tertiary/aromatic N) is 1. The Morgan fingerprint density at radius 2 is 2.17 bits per heavy atom. The number of rotatable bonds is 5. The molecule has 7 heteroatoms. The van der Waals surface area contributed by atoms with Gasteiger partial charge in [-0.1, -0.05) is 6.92 Å². The van der Waals surface area contributed by atoms with Crippen LogP contribution in [0.4, 0.5) is 13.2 Å². The van der Waals surface area contributed by atoms with E-state index < -0.39 is 23.3 Å². The lowest BCUT2D eigenvalue weighted by Crippen LogP contribution is -2.34. The van der Waals surface area contributed by atoms with Gasteiger partial charge in [-0.25, -0.2) is 9.18 Å². The van der Waals surface area contributed by atoms with Gasteiger partial charge in [-0.2, -0.15) is 8.78 Å². The number of halogens is 4. The van der Waals surface area contributed by atoms with Gasteiger partial charge in [-0.15, -0.1) is 0 Å². The minimum absolute atomic E-state index is 0.0796. The average Bonchev–Trinajstić information content (AvgIpc) is 2.50. The van der Waals surface area contributed by atoms with Crippen LogP contribution >= 0.6 is 15.9 Å². The Morgan fingerprint density at radius 3 is 2.79 bits per heavy atom. The zero-order valence-electron chi connectivity index (χ0n) is 13.8. The van der Waals surface area contributed by atoms with Crippen molar-refractivity contribution in [2.24, 2.45) is 5.92 Å². The predicted molar refractivity (Wildman–Crippen MR) is 88.3 cm³/mol. The summed E-state index contributed by atoms with van der Waals surface area (Å²) < 4.78 is 47.0. The summed E-state index contributed by atoms with van der Waals surface area (Å²) in [5.41, 5.74) is -0.410. The minimum atomic E-state index is -4.02. The van der Waals surface area contributed by atoms with Crippen LogP contribution in [0.15, 0.2) is 16.6 Å². The summed E-state index contributed by atoms with van der Waals surface area (Å²) in [6.07, 6.45) is 2.20. The van der Waals surface area contributed by atoms with Crippen LogP contribution in [0, 0.1) is 11.7 Å². The van der Waals surface area contributed by atoms with Gasteiger partial charge in [0.15, 0.2) is 0 Å². The fraction of sp³-hybridized carbons (Fsp3) is 0.588. The molecule has 1 aromatic rings. The summed E-state index contributed by atoms with van der Waals surface area (Å²) in [6.45, 7) is 5.57. The number of carbonyl (C=O) groups excluding carboxylic acids is 1. The van der Waals surface area contributed by atoms with Crippen molar-refractivity contribution in [1.82, 2.24) is 4.90 Å². The molecule has 0 aromatic heterocycles. The first kappa shape index (κ1) is 19.2. The van der Waals surface area contributed by atoms with E-state index in [0.717, 1.165) is 32.0 Å². The standard InChI is InChI=1S/C17H21BrF3NO2/c1-3-24-16(23)17(20,21)13-7-12(8-14(18)15(13)19)10-22-6-4-5-11(2)9-22/h7-8,11H,3-6,9-10H2,1-2H3/t11-/m0/s1. The van der Waals surface area contributed by atoms with Crippen LogP contribution in [0.25, 0.3) is 0 Å². The van der Waals surface area contributed by atoms with Gasteiger partial charge in [-0.3, -0.25) is 4.90 Å². The van der Waals surface area contributed by atoms with Crippen LogP contribution in [0.3, 0.4) is 0 Å². The summed E-state index contributed by atoms with van der Waals surface area (Å²) in [4.78, 5) is 13.7. The second-order valence-electron chi connectivity index (χ2n) is 6.22. The van der Waals surface area contributed by atoms with Gasteiger partial charge in [0, 0.05) is 13.1 Å². The predicted octanol–water partition coefficient (Wildman–Crippen LogP) is 4.48. The molecule has 0 N–H and O–H groups in total. The Balaban J connectivity index is 2.29. The lowest BCUT2D eigenvalue weighted by atomic mass is 9.99. The highest BCUT2D eigenvalue weighted by Gasteiger charge is 2.45. The van der Waals surface area contributed by atoms with Crippen molar-refractivity contribution in [3.8, 4) is 0 Å². The van der Waals surface area contributed by atoms with Crippen molar-refractivity contribution in [3.63, 3.8) is 0 Å². The summed E-state index contributed by atoms with van der Waals surface area (Å²) in [7, 11) is 0. The molecule has 1 fully saturated rings. The van der Waals surface area contributed by atoms with Gasteiger partial charge in [0.2, 0.25) is 0 Å². The van der Waals surface area contributed by atoms with Crippen LogP contribution in [0.1, 0.15) is 37.8 Å². The van der Waals surface area contributed by atoms with E-state index in [0.29, 0.717) is 18.0 Å². The smallest absolute Gasteiger partial charge is 0.382 e. The molecule has 3 nitrogen and oxygen atoms in total. The first-order valence-corrected chi connectivity index (χ1v) is 8.80. The first-order chi connectivity index (χ1) is 11.3. The van der Waals surface area contributed by atoms with Crippen molar-refractivity contribution in [2.75, 3.05) is 19.7 Å². The number of likely N-dealkylation sites (tertiary alicyclic amines) is 1. The van der Waals surface area contributed by atoms with Crippen molar-refractivity contribution in [2.45, 2.75) is 39.2 Å². The van der Waals surface area contributed by atoms with Crippen molar-refractivity contribution in [1.29, 1.82) is 0 Å². The number of carbonyl (C=O) groups is 1.